The number of carbonyl (C=O) groups is 2. The Morgan fingerprint density at radius 3 is 2.47 bits per heavy atom. The molecule has 2 aliphatic rings. The molecule has 0 bridgehead atoms. The number of nitrogens with one attached hydrogen (secondary N) is 1. The standard InChI is InChI=1S/C23H26N2O7/c1-28-19-10-14-6-7-25(17(13-22(26)30-3)16(14)12-20(19)29-2)23(27)24-15-4-5-18-21(11-15)32-9-8-31-18/h4-5,10-12,17H,6-9,13H2,1-3H3,(H,24,27)/t17-/m0/s1. The zero-order valence-corrected chi connectivity index (χ0v) is 18.3. The zero-order chi connectivity index (χ0) is 22.7. The molecule has 0 aromatic heterocycles. The summed E-state index contributed by atoms with van der Waals surface area (Å²) in [5.41, 5.74) is 2.41. The highest BCUT2D eigenvalue weighted by Crippen LogP contribution is 2.40. The van der Waals surface area contributed by atoms with Crippen LogP contribution >= 0.6 is 0 Å². The number of fused-ring (bicyclic) bond motifs is 2. The van der Waals surface area contributed by atoms with E-state index >= 15 is 0 Å². The minimum atomic E-state index is -0.511. The number of hydrogen-bond donors (Lipinski definition) is 1. The Morgan fingerprint density at radius 2 is 1.75 bits per heavy atom. The molecule has 0 saturated carbocycles. The molecular formula is C23H26N2O7. The van der Waals surface area contributed by atoms with Gasteiger partial charge >= 0.3 is 12.0 Å². The van der Waals surface area contributed by atoms with E-state index in [1.807, 2.05) is 12.1 Å². The van der Waals surface area contributed by atoms with Gasteiger partial charge in [-0.15, -0.1) is 0 Å². The van der Waals surface area contributed by atoms with Crippen molar-refractivity contribution in [2.45, 2.75) is 18.9 Å². The molecule has 0 radical (unpaired) electrons. The van der Waals surface area contributed by atoms with Crippen LogP contribution in [0.1, 0.15) is 23.6 Å². The zero-order valence-electron chi connectivity index (χ0n) is 18.3. The van der Waals surface area contributed by atoms with Crippen molar-refractivity contribution in [3.63, 3.8) is 0 Å². The summed E-state index contributed by atoms with van der Waals surface area (Å²) in [6.45, 7) is 1.38. The summed E-state index contributed by atoms with van der Waals surface area (Å²) >= 11 is 0. The third-order valence-corrected chi connectivity index (χ3v) is 5.64. The van der Waals surface area contributed by atoms with Gasteiger partial charge in [-0.25, -0.2) is 4.79 Å². The molecule has 2 aromatic rings. The van der Waals surface area contributed by atoms with Crippen molar-refractivity contribution in [3.8, 4) is 23.0 Å². The fraction of sp³-hybridized carbons (Fsp3) is 0.391. The van der Waals surface area contributed by atoms with Crippen LogP contribution in [0, 0.1) is 0 Å². The summed E-state index contributed by atoms with van der Waals surface area (Å²) in [7, 11) is 4.46. The molecule has 0 unspecified atom stereocenters. The second-order valence-electron chi connectivity index (χ2n) is 7.43. The van der Waals surface area contributed by atoms with E-state index < -0.39 is 12.0 Å². The predicted octanol–water partition coefficient (Wildman–Crippen LogP) is 3.17. The molecule has 170 valence electrons. The molecule has 2 aromatic carbocycles. The second kappa shape index (κ2) is 9.25. The molecule has 1 N–H and O–H groups in total. The minimum absolute atomic E-state index is 0.0214. The van der Waals surface area contributed by atoms with Gasteiger partial charge < -0.3 is 33.9 Å². The van der Waals surface area contributed by atoms with Crippen molar-refractivity contribution >= 4 is 17.7 Å². The van der Waals surface area contributed by atoms with Crippen LogP contribution in [0.15, 0.2) is 30.3 Å². The first-order valence-corrected chi connectivity index (χ1v) is 10.3. The van der Waals surface area contributed by atoms with Crippen molar-refractivity contribution in [3.05, 3.63) is 41.5 Å². The predicted molar refractivity (Wildman–Crippen MR) is 116 cm³/mol. The van der Waals surface area contributed by atoms with Crippen LogP contribution in [0.3, 0.4) is 0 Å². The summed E-state index contributed by atoms with van der Waals surface area (Å²) in [6, 6.07) is 8.14. The largest absolute Gasteiger partial charge is 0.493 e. The van der Waals surface area contributed by atoms with Gasteiger partial charge in [-0.2, -0.15) is 0 Å². The SMILES string of the molecule is COC(=O)C[C@H]1c2cc(OC)c(OC)cc2CCN1C(=O)Nc1ccc2c(c1)OCCO2. The Labute approximate surface area is 186 Å². The van der Waals surface area contributed by atoms with Gasteiger partial charge in [0.25, 0.3) is 0 Å². The van der Waals surface area contributed by atoms with E-state index in [1.165, 1.54) is 7.11 Å². The number of carbonyl (C=O) groups excluding carboxylic acids is 2. The van der Waals surface area contributed by atoms with Crippen molar-refractivity contribution in [2.24, 2.45) is 0 Å². The maximum absolute atomic E-state index is 13.2. The number of nitrogens with zero attached hydrogens (tertiary/aromatic N) is 1. The normalized spacial score (nSPS) is 16.6. The van der Waals surface area contributed by atoms with Gasteiger partial charge in [0, 0.05) is 18.3 Å². The number of anilines is 1. The first-order valence-electron chi connectivity index (χ1n) is 10.3. The molecule has 0 fully saturated rings. The van der Waals surface area contributed by atoms with Gasteiger partial charge in [0.05, 0.1) is 33.8 Å². The molecule has 2 aliphatic heterocycles. The molecule has 2 heterocycles. The minimum Gasteiger partial charge on any atom is -0.493 e. The third-order valence-electron chi connectivity index (χ3n) is 5.64. The van der Waals surface area contributed by atoms with Gasteiger partial charge in [0.2, 0.25) is 0 Å². The molecular weight excluding hydrogens is 416 g/mol. The maximum Gasteiger partial charge on any atom is 0.322 e. The summed E-state index contributed by atoms with van der Waals surface area (Å²) in [6.07, 6.45) is 0.634. The monoisotopic (exact) mass is 442 g/mol. The van der Waals surface area contributed by atoms with E-state index in [1.54, 1.807) is 37.3 Å². The lowest BCUT2D eigenvalue weighted by atomic mass is 9.90. The maximum atomic E-state index is 13.2. The number of amides is 2. The smallest absolute Gasteiger partial charge is 0.322 e. The molecule has 32 heavy (non-hydrogen) atoms. The molecule has 9 heteroatoms. The Kier molecular flexibility index (Phi) is 6.25. The Balaban J connectivity index is 1.62. The fourth-order valence-electron chi connectivity index (χ4n) is 4.05. The molecule has 2 amide bonds. The summed E-state index contributed by atoms with van der Waals surface area (Å²) in [4.78, 5) is 27.1. The van der Waals surface area contributed by atoms with E-state index in [0.717, 1.165) is 11.1 Å². The molecule has 4 rings (SSSR count). The number of ether oxygens (including phenoxy) is 5. The fourth-order valence-corrected chi connectivity index (χ4v) is 4.05. The molecule has 0 spiro atoms. The first-order chi connectivity index (χ1) is 15.5. The van der Waals surface area contributed by atoms with Gasteiger partial charge in [-0.05, 0) is 41.8 Å². The summed E-state index contributed by atoms with van der Waals surface area (Å²) in [5, 5.41) is 2.91. The number of esters is 1. The van der Waals surface area contributed by atoms with E-state index in [9.17, 15) is 9.59 Å². The van der Waals surface area contributed by atoms with Gasteiger partial charge in [-0.1, -0.05) is 0 Å². The van der Waals surface area contributed by atoms with Crippen molar-refractivity contribution in [2.75, 3.05) is 46.4 Å². The van der Waals surface area contributed by atoms with Crippen LogP contribution in [-0.2, 0) is 16.0 Å². The average molecular weight is 442 g/mol. The lowest BCUT2D eigenvalue weighted by molar-refractivity contribution is -0.141. The van der Waals surface area contributed by atoms with E-state index in [4.69, 9.17) is 23.7 Å². The van der Waals surface area contributed by atoms with Crippen LogP contribution in [-0.4, -0.2) is 58.0 Å². The van der Waals surface area contributed by atoms with Crippen molar-refractivity contribution < 1.29 is 33.3 Å². The summed E-state index contributed by atoms with van der Waals surface area (Å²) < 4.78 is 26.9. The number of hydrogen-bond acceptors (Lipinski definition) is 7. The quantitative estimate of drug-likeness (QED) is 0.711. The van der Waals surface area contributed by atoms with Gasteiger partial charge in [-0.3, -0.25) is 4.79 Å². The van der Waals surface area contributed by atoms with E-state index in [2.05, 4.69) is 5.32 Å². The van der Waals surface area contributed by atoms with Gasteiger partial charge in [0.15, 0.2) is 23.0 Å². The van der Waals surface area contributed by atoms with Crippen LogP contribution in [0.25, 0.3) is 0 Å². The van der Waals surface area contributed by atoms with Crippen LogP contribution in [0.2, 0.25) is 0 Å². The molecule has 0 aliphatic carbocycles. The molecule has 0 saturated heterocycles. The van der Waals surface area contributed by atoms with Crippen LogP contribution in [0.4, 0.5) is 10.5 Å². The topological polar surface area (TPSA) is 95.6 Å². The molecule has 9 nitrogen and oxygen atoms in total. The summed E-state index contributed by atoms with van der Waals surface area (Å²) in [5.74, 6) is 1.97. The third kappa shape index (κ3) is 4.23. The Bertz CT molecular complexity index is 1020. The highest BCUT2D eigenvalue weighted by molar-refractivity contribution is 5.90. The first kappa shape index (κ1) is 21.6. The average Bonchev–Trinajstić information content (AvgIpc) is 2.82. The van der Waals surface area contributed by atoms with Crippen LogP contribution < -0.4 is 24.3 Å². The van der Waals surface area contributed by atoms with Gasteiger partial charge in [0.1, 0.15) is 13.2 Å². The molecule has 1 atom stereocenters. The highest BCUT2D eigenvalue weighted by Gasteiger charge is 2.34. The highest BCUT2D eigenvalue weighted by atomic mass is 16.6. The van der Waals surface area contributed by atoms with E-state index in [-0.39, 0.29) is 12.5 Å². The lowest BCUT2D eigenvalue weighted by Crippen LogP contribution is -2.43. The number of urea groups is 1. The Hall–Kier alpha value is -3.62. The van der Waals surface area contributed by atoms with E-state index in [0.29, 0.717) is 54.9 Å². The van der Waals surface area contributed by atoms with Crippen LogP contribution in [0.5, 0.6) is 23.0 Å². The lowest BCUT2D eigenvalue weighted by Gasteiger charge is -2.37. The Morgan fingerprint density at radius 1 is 1.03 bits per heavy atom. The second-order valence-corrected chi connectivity index (χ2v) is 7.43. The van der Waals surface area contributed by atoms with Crippen molar-refractivity contribution in [1.29, 1.82) is 0 Å². The number of rotatable bonds is 5. The van der Waals surface area contributed by atoms with Crippen molar-refractivity contribution in [1.82, 2.24) is 4.90 Å². The number of methoxy groups -OCH3 is 3. The number of benzene rings is 2.